The molecule has 1 aliphatic carbocycles. The van der Waals surface area contributed by atoms with Gasteiger partial charge >= 0.3 is 0 Å². The molecule has 29 heavy (non-hydrogen) atoms. The second kappa shape index (κ2) is 10.1. The SMILES string of the molecule is CCCN(CCO)C(=O)c1cnc2c(cnn2CC)c1N[C@H](C)C1CCCCC1. The zero-order chi connectivity index (χ0) is 20.8. The van der Waals surface area contributed by atoms with Gasteiger partial charge in [-0.25, -0.2) is 9.67 Å². The van der Waals surface area contributed by atoms with Gasteiger partial charge in [0.1, 0.15) is 0 Å². The molecule has 2 heterocycles. The number of fused-ring (bicyclic) bond motifs is 1. The number of carbonyl (C=O) groups excluding carboxylic acids is 1. The van der Waals surface area contributed by atoms with Crippen molar-refractivity contribution in [2.45, 2.75) is 71.9 Å². The number of amides is 1. The first-order chi connectivity index (χ1) is 14.1. The monoisotopic (exact) mass is 401 g/mol. The first-order valence-corrected chi connectivity index (χ1v) is 11.1. The van der Waals surface area contributed by atoms with Crippen LogP contribution in [-0.4, -0.2) is 56.4 Å². The summed E-state index contributed by atoms with van der Waals surface area (Å²) in [5.41, 5.74) is 2.20. The van der Waals surface area contributed by atoms with Gasteiger partial charge in [-0.1, -0.05) is 26.2 Å². The molecule has 3 rings (SSSR count). The molecule has 7 heteroatoms. The lowest BCUT2D eigenvalue weighted by molar-refractivity contribution is 0.0722. The number of anilines is 1. The fourth-order valence-electron chi connectivity index (χ4n) is 4.43. The third-order valence-electron chi connectivity index (χ3n) is 6.08. The number of carbonyl (C=O) groups is 1. The summed E-state index contributed by atoms with van der Waals surface area (Å²) in [6.45, 7) is 7.92. The van der Waals surface area contributed by atoms with E-state index in [-0.39, 0.29) is 18.6 Å². The van der Waals surface area contributed by atoms with Gasteiger partial charge in [0.2, 0.25) is 0 Å². The predicted octanol–water partition coefficient (Wildman–Crippen LogP) is 3.68. The van der Waals surface area contributed by atoms with Crippen LogP contribution in [0.4, 0.5) is 5.69 Å². The van der Waals surface area contributed by atoms with E-state index in [1.165, 1.54) is 32.1 Å². The van der Waals surface area contributed by atoms with Crippen molar-refractivity contribution in [1.29, 1.82) is 0 Å². The van der Waals surface area contributed by atoms with Crippen LogP contribution in [0.1, 0.15) is 69.7 Å². The van der Waals surface area contributed by atoms with Crippen LogP contribution >= 0.6 is 0 Å². The minimum atomic E-state index is -0.0853. The number of aryl methyl sites for hydroxylation is 1. The lowest BCUT2D eigenvalue weighted by atomic mass is 9.84. The summed E-state index contributed by atoms with van der Waals surface area (Å²) in [6, 6.07) is 0.273. The Kier molecular flexibility index (Phi) is 7.47. The molecule has 0 spiro atoms. The van der Waals surface area contributed by atoms with Crippen molar-refractivity contribution in [3.8, 4) is 0 Å². The van der Waals surface area contributed by atoms with E-state index in [4.69, 9.17) is 0 Å². The molecule has 0 radical (unpaired) electrons. The van der Waals surface area contributed by atoms with Crippen LogP contribution in [0.15, 0.2) is 12.4 Å². The maximum absolute atomic E-state index is 13.3. The van der Waals surface area contributed by atoms with Gasteiger partial charge in [-0.2, -0.15) is 5.10 Å². The lowest BCUT2D eigenvalue weighted by Gasteiger charge is -2.30. The number of aliphatic hydroxyl groups excluding tert-OH is 1. The van der Waals surface area contributed by atoms with Gasteiger partial charge in [0, 0.05) is 31.9 Å². The van der Waals surface area contributed by atoms with E-state index in [1.54, 1.807) is 11.1 Å². The normalized spacial score (nSPS) is 16.1. The van der Waals surface area contributed by atoms with Crippen molar-refractivity contribution in [3.05, 3.63) is 18.0 Å². The van der Waals surface area contributed by atoms with E-state index in [1.807, 2.05) is 24.7 Å². The van der Waals surface area contributed by atoms with Gasteiger partial charge in [0.25, 0.3) is 5.91 Å². The van der Waals surface area contributed by atoms with Crippen LogP contribution in [0.25, 0.3) is 11.0 Å². The maximum atomic E-state index is 13.3. The lowest BCUT2D eigenvalue weighted by Crippen LogP contribution is -2.35. The number of rotatable bonds is 9. The van der Waals surface area contributed by atoms with Crippen LogP contribution in [0.2, 0.25) is 0 Å². The molecular weight excluding hydrogens is 366 g/mol. The summed E-state index contributed by atoms with van der Waals surface area (Å²) in [6.07, 6.45) is 10.7. The van der Waals surface area contributed by atoms with Crippen molar-refractivity contribution >= 4 is 22.6 Å². The topological polar surface area (TPSA) is 83.3 Å². The third-order valence-corrected chi connectivity index (χ3v) is 6.08. The highest BCUT2D eigenvalue weighted by atomic mass is 16.3. The second-order valence-corrected chi connectivity index (χ2v) is 8.09. The van der Waals surface area contributed by atoms with Gasteiger partial charge in [0.05, 0.1) is 29.4 Å². The molecule has 2 N–H and O–H groups in total. The minimum absolute atomic E-state index is 0.0452. The molecule has 160 valence electrons. The van der Waals surface area contributed by atoms with Gasteiger partial charge in [0.15, 0.2) is 5.65 Å². The van der Waals surface area contributed by atoms with E-state index in [0.717, 1.165) is 29.7 Å². The molecule has 1 aliphatic rings. The average molecular weight is 402 g/mol. The van der Waals surface area contributed by atoms with E-state index in [0.29, 0.717) is 24.6 Å². The van der Waals surface area contributed by atoms with E-state index in [9.17, 15) is 9.90 Å². The predicted molar refractivity (Wildman–Crippen MR) is 116 cm³/mol. The highest BCUT2D eigenvalue weighted by Gasteiger charge is 2.26. The number of aliphatic hydroxyl groups is 1. The molecule has 2 aromatic rings. The van der Waals surface area contributed by atoms with Gasteiger partial charge < -0.3 is 15.3 Å². The van der Waals surface area contributed by atoms with Crippen molar-refractivity contribution in [3.63, 3.8) is 0 Å². The largest absolute Gasteiger partial charge is 0.395 e. The maximum Gasteiger partial charge on any atom is 0.257 e. The Balaban J connectivity index is 1.99. The summed E-state index contributed by atoms with van der Waals surface area (Å²) in [5, 5.41) is 18.4. The van der Waals surface area contributed by atoms with Crippen molar-refractivity contribution in [2.75, 3.05) is 25.0 Å². The van der Waals surface area contributed by atoms with Gasteiger partial charge in [-0.3, -0.25) is 4.79 Å². The number of hydrogen-bond acceptors (Lipinski definition) is 5. The molecule has 1 atom stereocenters. The minimum Gasteiger partial charge on any atom is -0.395 e. The first-order valence-electron chi connectivity index (χ1n) is 11.1. The molecule has 0 unspecified atom stereocenters. The zero-order valence-corrected chi connectivity index (χ0v) is 18.0. The molecule has 0 aromatic carbocycles. The van der Waals surface area contributed by atoms with Crippen molar-refractivity contribution < 1.29 is 9.90 Å². The number of nitrogens with one attached hydrogen (secondary N) is 1. The van der Waals surface area contributed by atoms with Crippen LogP contribution in [0.3, 0.4) is 0 Å². The van der Waals surface area contributed by atoms with Crippen molar-refractivity contribution in [2.24, 2.45) is 5.92 Å². The molecule has 0 aliphatic heterocycles. The number of pyridine rings is 1. The molecule has 1 saturated carbocycles. The summed E-state index contributed by atoms with van der Waals surface area (Å²) in [5.74, 6) is 0.526. The summed E-state index contributed by atoms with van der Waals surface area (Å²) in [7, 11) is 0. The first kappa shape index (κ1) is 21.6. The van der Waals surface area contributed by atoms with Gasteiger partial charge in [-0.05, 0) is 39.0 Å². The van der Waals surface area contributed by atoms with E-state index in [2.05, 4.69) is 22.3 Å². The van der Waals surface area contributed by atoms with Crippen LogP contribution < -0.4 is 5.32 Å². The van der Waals surface area contributed by atoms with Crippen molar-refractivity contribution in [1.82, 2.24) is 19.7 Å². The van der Waals surface area contributed by atoms with Crippen LogP contribution in [0.5, 0.6) is 0 Å². The van der Waals surface area contributed by atoms with E-state index >= 15 is 0 Å². The number of nitrogens with zero attached hydrogens (tertiary/aromatic N) is 4. The standard InChI is InChI=1S/C22H35N5O2/c1-4-11-26(12-13-28)22(29)19-14-23-21-18(15-24-27(21)5-2)20(19)25-16(3)17-9-7-6-8-10-17/h14-17,28H,4-13H2,1-3H3,(H,23,25)/t16-/m1/s1. The molecule has 1 amide bonds. The Morgan fingerprint density at radius 2 is 2.03 bits per heavy atom. The highest BCUT2D eigenvalue weighted by molar-refractivity contribution is 6.06. The quantitative estimate of drug-likeness (QED) is 0.670. The smallest absolute Gasteiger partial charge is 0.257 e. The Labute approximate surface area is 173 Å². The Hall–Kier alpha value is -2.15. The van der Waals surface area contributed by atoms with Gasteiger partial charge in [-0.15, -0.1) is 0 Å². The number of aromatic nitrogens is 3. The zero-order valence-electron chi connectivity index (χ0n) is 18.0. The average Bonchev–Trinajstić information content (AvgIpc) is 3.17. The fourth-order valence-corrected chi connectivity index (χ4v) is 4.43. The molecule has 0 saturated heterocycles. The molecular formula is C22H35N5O2. The molecule has 7 nitrogen and oxygen atoms in total. The Morgan fingerprint density at radius 3 is 2.69 bits per heavy atom. The molecule has 2 aromatic heterocycles. The molecule has 0 bridgehead atoms. The second-order valence-electron chi connectivity index (χ2n) is 8.09. The third kappa shape index (κ3) is 4.71. The fraction of sp³-hybridized carbons (Fsp3) is 0.682. The van der Waals surface area contributed by atoms with E-state index < -0.39 is 0 Å². The summed E-state index contributed by atoms with van der Waals surface area (Å²) in [4.78, 5) is 19.6. The number of hydrogen-bond donors (Lipinski definition) is 2. The highest BCUT2D eigenvalue weighted by Crippen LogP contribution is 2.32. The van der Waals surface area contributed by atoms with Crippen LogP contribution in [0, 0.1) is 5.92 Å². The Morgan fingerprint density at radius 1 is 1.28 bits per heavy atom. The molecule has 1 fully saturated rings. The van der Waals surface area contributed by atoms with Crippen LogP contribution in [-0.2, 0) is 6.54 Å². The summed E-state index contributed by atoms with van der Waals surface area (Å²) < 4.78 is 1.86. The Bertz CT molecular complexity index is 807. The summed E-state index contributed by atoms with van der Waals surface area (Å²) >= 11 is 0.